The summed E-state index contributed by atoms with van der Waals surface area (Å²) in [5, 5.41) is 10.9. The lowest BCUT2D eigenvalue weighted by Crippen LogP contribution is -2.06. The summed E-state index contributed by atoms with van der Waals surface area (Å²) in [6.07, 6.45) is -0.135. The van der Waals surface area contributed by atoms with Gasteiger partial charge in [-0.15, -0.1) is 0 Å². The summed E-state index contributed by atoms with van der Waals surface area (Å²) in [5.74, 6) is 4.07. The highest BCUT2D eigenvalue weighted by atomic mass is 16.6. The zero-order valence-electron chi connectivity index (χ0n) is 12.5. The molecule has 0 aliphatic carbocycles. The quantitative estimate of drug-likeness (QED) is 0.365. The zero-order valence-corrected chi connectivity index (χ0v) is 12.5. The third-order valence-corrected chi connectivity index (χ3v) is 2.77. The summed E-state index contributed by atoms with van der Waals surface area (Å²) in [6.45, 7) is 3.53. The number of esters is 2. The molecule has 0 amide bonds. The Kier molecular flexibility index (Phi) is 6.08. The minimum Gasteiger partial charge on any atom is -0.465 e. The van der Waals surface area contributed by atoms with Crippen molar-refractivity contribution in [3.63, 3.8) is 0 Å². The molecule has 0 spiro atoms. The Balaban J connectivity index is 3.21. The first kappa shape index (κ1) is 17.2. The number of methoxy groups -OCH3 is 1. The van der Waals surface area contributed by atoms with E-state index in [0.717, 1.165) is 6.07 Å². The van der Waals surface area contributed by atoms with Crippen molar-refractivity contribution < 1.29 is 24.0 Å². The smallest absolute Gasteiger partial charge is 0.338 e. The van der Waals surface area contributed by atoms with E-state index in [4.69, 9.17) is 4.74 Å². The maximum absolute atomic E-state index is 11.7. The molecule has 0 N–H and O–H groups in total. The van der Waals surface area contributed by atoms with E-state index in [1.54, 1.807) is 13.8 Å². The number of carbonyl (C=O) groups excluding carboxylic acids is 2. The van der Waals surface area contributed by atoms with Crippen LogP contribution in [0.15, 0.2) is 12.1 Å². The number of ether oxygens (including phenoxy) is 2. The zero-order chi connectivity index (χ0) is 16.7. The summed E-state index contributed by atoms with van der Waals surface area (Å²) in [6, 6.07) is 2.39. The minimum absolute atomic E-state index is 0.0668. The van der Waals surface area contributed by atoms with Crippen molar-refractivity contribution in [1.29, 1.82) is 0 Å². The van der Waals surface area contributed by atoms with Crippen LogP contribution in [0, 0.1) is 28.9 Å². The van der Waals surface area contributed by atoms with Gasteiger partial charge in [-0.1, -0.05) is 11.8 Å². The van der Waals surface area contributed by atoms with Crippen LogP contribution in [-0.2, 0) is 14.3 Å². The monoisotopic (exact) mass is 305 g/mol. The van der Waals surface area contributed by atoms with Crippen molar-refractivity contribution in [3.05, 3.63) is 38.9 Å². The first-order valence-electron chi connectivity index (χ1n) is 6.42. The summed E-state index contributed by atoms with van der Waals surface area (Å²) in [5.41, 5.74) is 0.538. The molecule has 0 aromatic heterocycles. The lowest BCUT2D eigenvalue weighted by atomic mass is 10.0. The molecule has 116 valence electrons. The molecule has 7 heteroatoms. The van der Waals surface area contributed by atoms with Crippen LogP contribution < -0.4 is 0 Å². The lowest BCUT2D eigenvalue weighted by Gasteiger charge is -2.06. The number of non-ortho nitro benzene ring substituents is 1. The predicted octanol–water partition coefficient (Wildman–Crippen LogP) is 1.99. The molecule has 0 bridgehead atoms. The number of hydrogen-bond donors (Lipinski definition) is 0. The highest BCUT2D eigenvalue weighted by Crippen LogP contribution is 2.22. The van der Waals surface area contributed by atoms with Crippen LogP contribution in [0.3, 0.4) is 0 Å². The van der Waals surface area contributed by atoms with Gasteiger partial charge in [0.2, 0.25) is 0 Å². The number of nitrogens with zero attached hydrogens (tertiary/aromatic N) is 1. The summed E-state index contributed by atoms with van der Waals surface area (Å²) in [7, 11) is 1.19. The van der Waals surface area contributed by atoms with Gasteiger partial charge in [-0.2, -0.15) is 0 Å². The molecule has 0 radical (unpaired) electrons. The number of benzene rings is 1. The molecule has 1 aromatic carbocycles. The topological polar surface area (TPSA) is 95.7 Å². The van der Waals surface area contributed by atoms with Gasteiger partial charge in [-0.3, -0.25) is 14.9 Å². The fourth-order valence-electron chi connectivity index (χ4n) is 1.68. The second-order valence-electron chi connectivity index (χ2n) is 4.20. The van der Waals surface area contributed by atoms with E-state index in [2.05, 4.69) is 16.6 Å². The Morgan fingerprint density at radius 2 is 2.05 bits per heavy atom. The van der Waals surface area contributed by atoms with Gasteiger partial charge in [0.15, 0.2) is 0 Å². The first-order chi connectivity index (χ1) is 10.4. The molecule has 1 rings (SSSR count). The number of hydrogen-bond acceptors (Lipinski definition) is 6. The van der Waals surface area contributed by atoms with Crippen LogP contribution in [-0.4, -0.2) is 30.6 Å². The number of nitro groups is 1. The largest absolute Gasteiger partial charge is 0.465 e. The van der Waals surface area contributed by atoms with E-state index < -0.39 is 16.9 Å². The molecule has 0 unspecified atom stereocenters. The number of rotatable bonds is 4. The normalized spacial score (nSPS) is 9.41. The Morgan fingerprint density at radius 3 is 2.59 bits per heavy atom. The molecule has 0 aliphatic heterocycles. The predicted molar refractivity (Wildman–Crippen MR) is 77.3 cm³/mol. The number of carbonyl (C=O) groups is 2. The van der Waals surface area contributed by atoms with Crippen molar-refractivity contribution in [2.24, 2.45) is 0 Å². The van der Waals surface area contributed by atoms with E-state index in [9.17, 15) is 19.7 Å². The molecular weight excluding hydrogens is 290 g/mol. The molecule has 0 saturated carbocycles. The standard InChI is InChI=1S/C15H15NO6/c1-4-22-14(17)7-5-6-11-8-12(16(19)20)9-13(10(11)2)15(18)21-3/h8-9H,4,7H2,1-3H3. The molecule has 22 heavy (non-hydrogen) atoms. The third kappa shape index (κ3) is 4.31. The van der Waals surface area contributed by atoms with Gasteiger partial charge < -0.3 is 9.47 Å². The van der Waals surface area contributed by atoms with Gasteiger partial charge in [-0.05, 0) is 19.4 Å². The Morgan fingerprint density at radius 1 is 1.36 bits per heavy atom. The fraction of sp³-hybridized carbons (Fsp3) is 0.333. The van der Waals surface area contributed by atoms with E-state index in [-0.39, 0.29) is 24.3 Å². The van der Waals surface area contributed by atoms with Gasteiger partial charge in [0.1, 0.15) is 6.42 Å². The van der Waals surface area contributed by atoms with Gasteiger partial charge >= 0.3 is 11.9 Å². The van der Waals surface area contributed by atoms with Gasteiger partial charge in [0.05, 0.1) is 24.2 Å². The first-order valence-corrected chi connectivity index (χ1v) is 6.42. The number of nitro benzene ring substituents is 1. The molecule has 0 atom stereocenters. The minimum atomic E-state index is -0.686. The van der Waals surface area contributed by atoms with Crippen molar-refractivity contribution in [1.82, 2.24) is 0 Å². The maximum atomic E-state index is 11.7. The van der Waals surface area contributed by atoms with Crippen LogP contribution in [0.1, 0.15) is 34.8 Å². The van der Waals surface area contributed by atoms with Crippen molar-refractivity contribution in [2.45, 2.75) is 20.3 Å². The summed E-state index contributed by atoms with van der Waals surface area (Å²) in [4.78, 5) is 33.2. The summed E-state index contributed by atoms with van der Waals surface area (Å²) >= 11 is 0. The van der Waals surface area contributed by atoms with Gasteiger partial charge in [0.25, 0.3) is 5.69 Å². The van der Waals surface area contributed by atoms with E-state index in [1.807, 2.05) is 0 Å². The summed E-state index contributed by atoms with van der Waals surface area (Å²) < 4.78 is 9.33. The van der Waals surface area contributed by atoms with E-state index in [1.165, 1.54) is 13.2 Å². The molecule has 0 heterocycles. The van der Waals surface area contributed by atoms with E-state index in [0.29, 0.717) is 11.1 Å². The highest BCUT2D eigenvalue weighted by Gasteiger charge is 2.18. The fourth-order valence-corrected chi connectivity index (χ4v) is 1.68. The molecule has 0 fully saturated rings. The average molecular weight is 305 g/mol. The molecule has 0 aliphatic rings. The van der Waals surface area contributed by atoms with Gasteiger partial charge in [0, 0.05) is 17.7 Å². The highest BCUT2D eigenvalue weighted by molar-refractivity contribution is 5.92. The SMILES string of the molecule is CCOC(=O)CC#Cc1cc([N+](=O)[O-])cc(C(=O)OC)c1C. The second-order valence-corrected chi connectivity index (χ2v) is 4.20. The van der Waals surface area contributed by atoms with Crippen LogP contribution >= 0.6 is 0 Å². The Bertz CT molecular complexity index is 669. The molecule has 1 aromatic rings. The molecular formula is C15H15NO6. The van der Waals surface area contributed by atoms with Crippen LogP contribution in [0.4, 0.5) is 5.69 Å². The van der Waals surface area contributed by atoms with Gasteiger partial charge in [-0.25, -0.2) is 4.79 Å². The second kappa shape index (κ2) is 7.78. The van der Waals surface area contributed by atoms with Crippen LogP contribution in [0.2, 0.25) is 0 Å². The van der Waals surface area contributed by atoms with Crippen molar-refractivity contribution in [3.8, 4) is 11.8 Å². The van der Waals surface area contributed by atoms with E-state index >= 15 is 0 Å². The molecule has 7 nitrogen and oxygen atoms in total. The van der Waals surface area contributed by atoms with Crippen molar-refractivity contribution >= 4 is 17.6 Å². The Hall–Kier alpha value is -2.88. The average Bonchev–Trinajstić information content (AvgIpc) is 2.48. The molecule has 0 saturated heterocycles. The third-order valence-electron chi connectivity index (χ3n) is 2.77. The lowest BCUT2D eigenvalue weighted by molar-refractivity contribution is -0.384. The Labute approximate surface area is 127 Å². The van der Waals surface area contributed by atoms with Crippen LogP contribution in [0.5, 0.6) is 0 Å². The van der Waals surface area contributed by atoms with Crippen molar-refractivity contribution in [2.75, 3.05) is 13.7 Å². The maximum Gasteiger partial charge on any atom is 0.338 e. The van der Waals surface area contributed by atoms with Crippen LogP contribution in [0.25, 0.3) is 0 Å².